The van der Waals surface area contributed by atoms with Crippen LogP contribution in [-0.2, 0) is 9.59 Å². The van der Waals surface area contributed by atoms with Gasteiger partial charge in [-0.3, -0.25) is 9.59 Å². The zero-order chi connectivity index (χ0) is 11.3. The van der Waals surface area contributed by atoms with E-state index in [1.165, 1.54) is 6.92 Å². The monoisotopic (exact) mass is 214 g/mol. The highest BCUT2D eigenvalue weighted by molar-refractivity contribution is 5.80. The van der Waals surface area contributed by atoms with Gasteiger partial charge in [0, 0.05) is 26.6 Å². The molecule has 1 rings (SSSR count). The number of carbonyl (C=O) groups excluding carboxylic acids is 2. The summed E-state index contributed by atoms with van der Waals surface area (Å²) in [6.45, 7) is 3.02. The van der Waals surface area contributed by atoms with Crippen LogP contribution in [0, 0.1) is 5.92 Å². The van der Waals surface area contributed by atoms with Gasteiger partial charge in [0.05, 0.1) is 12.5 Å². The fraction of sp³-hybridized carbons (Fsp3) is 0.800. The molecule has 0 aromatic rings. The van der Waals surface area contributed by atoms with Crippen molar-refractivity contribution in [1.82, 2.24) is 10.2 Å². The Morgan fingerprint density at radius 2 is 2.27 bits per heavy atom. The number of likely N-dealkylation sites (tertiary alicyclic amines) is 1. The van der Waals surface area contributed by atoms with Gasteiger partial charge >= 0.3 is 0 Å². The Kier molecular flexibility index (Phi) is 4.55. The van der Waals surface area contributed by atoms with Crippen molar-refractivity contribution in [3.05, 3.63) is 0 Å². The Bertz CT molecular complexity index is 243. The third-order valence-corrected chi connectivity index (χ3v) is 2.65. The summed E-state index contributed by atoms with van der Waals surface area (Å²) < 4.78 is 0. The van der Waals surface area contributed by atoms with E-state index in [4.69, 9.17) is 5.11 Å². The largest absolute Gasteiger partial charge is 0.395 e. The predicted octanol–water partition coefficient (Wildman–Crippen LogP) is -0.647. The first-order valence-electron chi connectivity index (χ1n) is 5.29. The van der Waals surface area contributed by atoms with Crippen molar-refractivity contribution in [2.75, 3.05) is 26.2 Å². The summed E-state index contributed by atoms with van der Waals surface area (Å²) in [5, 5.41) is 11.2. The number of amides is 2. The molecule has 0 aromatic carbocycles. The number of hydrogen-bond donors (Lipinski definition) is 2. The average molecular weight is 214 g/mol. The molecule has 2 N–H and O–H groups in total. The Morgan fingerprint density at radius 3 is 2.87 bits per heavy atom. The number of hydrogen-bond acceptors (Lipinski definition) is 3. The summed E-state index contributed by atoms with van der Waals surface area (Å²) in [7, 11) is 0. The minimum atomic E-state index is -0.116. The second-order valence-electron chi connectivity index (χ2n) is 3.82. The molecule has 0 bridgehead atoms. The van der Waals surface area contributed by atoms with Crippen molar-refractivity contribution in [1.29, 1.82) is 0 Å². The van der Waals surface area contributed by atoms with Crippen molar-refractivity contribution in [3.63, 3.8) is 0 Å². The number of rotatable bonds is 3. The van der Waals surface area contributed by atoms with Gasteiger partial charge in [-0.05, 0) is 12.8 Å². The Balaban J connectivity index is 2.41. The maximum atomic E-state index is 11.6. The first-order valence-corrected chi connectivity index (χ1v) is 5.29. The van der Waals surface area contributed by atoms with Gasteiger partial charge in [-0.25, -0.2) is 0 Å². The maximum Gasteiger partial charge on any atom is 0.224 e. The van der Waals surface area contributed by atoms with Gasteiger partial charge in [0.2, 0.25) is 11.8 Å². The number of aliphatic hydroxyl groups excluding tert-OH is 1. The van der Waals surface area contributed by atoms with E-state index in [9.17, 15) is 9.59 Å². The Labute approximate surface area is 89.4 Å². The van der Waals surface area contributed by atoms with E-state index >= 15 is 0 Å². The molecule has 5 heteroatoms. The molecule has 0 spiro atoms. The van der Waals surface area contributed by atoms with Crippen molar-refractivity contribution in [3.8, 4) is 0 Å². The zero-order valence-electron chi connectivity index (χ0n) is 9.03. The Morgan fingerprint density at radius 1 is 1.53 bits per heavy atom. The highest BCUT2D eigenvalue weighted by Gasteiger charge is 2.26. The maximum absolute atomic E-state index is 11.6. The highest BCUT2D eigenvalue weighted by Crippen LogP contribution is 2.16. The van der Waals surface area contributed by atoms with Crippen molar-refractivity contribution >= 4 is 11.8 Å². The number of aliphatic hydroxyl groups is 1. The van der Waals surface area contributed by atoms with Gasteiger partial charge in [0.25, 0.3) is 0 Å². The number of carbonyl (C=O) groups is 2. The topological polar surface area (TPSA) is 69.6 Å². The van der Waals surface area contributed by atoms with Crippen LogP contribution in [-0.4, -0.2) is 48.1 Å². The van der Waals surface area contributed by atoms with E-state index in [1.807, 2.05) is 0 Å². The molecule has 1 atom stereocenters. The van der Waals surface area contributed by atoms with Crippen LogP contribution in [0.1, 0.15) is 19.8 Å². The lowest BCUT2D eigenvalue weighted by molar-refractivity contribution is -0.134. The first kappa shape index (κ1) is 12.0. The molecule has 86 valence electrons. The molecule has 1 aliphatic heterocycles. The fourth-order valence-corrected chi connectivity index (χ4v) is 1.80. The van der Waals surface area contributed by atoms with E-state index in [-0.39, 0.29) is 30.9 Å². The first-order chi connectivity index (χ1) is 7.15. The summed E-state index contributed by atoms with van der Waals surface area (Å²) in [4.78, 5) is 24.4. The molecule has 0 radical (unpaired) electrons. The highest BCUT2D eigenvalue weighted by atomic mass is 16.3. The van der Waals surface area contributed by atoms with E-state index in [1.54, 1.807) is 4.90 Å². The van der Waals surface area contributed by atoms with Gasteiger partial charge in [0.15, 0.2) is 0 Å². The second kappa shape index (κ2) is 5.70. The van der Waals surface area contributed by atoms with E-state index in [2.05, 4.69) is 5.32 Å². The molecule has 0 aliphatic carbocycles. The van der Waals surface area contributed by atoms with Crippen LogP contribution < -0.4 is 5.32 Å². The number of nitrogens with one attached hydrogen (secondary N) is 1. The number of piperidine rings is 1. The number of nitrogens with zero attached hydrogens (tertiary/aromatic N) is 1. The van der Waals surface area contributed by atoms with E-state index in [0.717, 1.165) is 19.4 Å². The standard InChI is InChI=1S/C10H18N2O3/c1-8(14)12-5-2-3-9(7-12)10(15)11-4-6-13/h9,13H,2-7H2,1H3,(H,11,15). The molecule has 1 unspecified atom stereocenters. The molecule has 5 nitrogen and oxygen atoms in total. The lowest BCUT2D eigenvalue weighted by Gasteiger charge is -2.31. The summed E-state index contributed by atoms with van der Waals surface area (Å²) in [5.41, 5.74) is 0. The normalized spacial score (nSPS) is 21.2. The molecule has 1 fully saturated rings. The SMILES string of the molecule is CC(=O)N1CCCC(C(=O)NCCO)C1. The third-order valence-electron chi connectivity index (χ3n) is 2.65. The minimum absolute atomic E-state index is 0.0228. The molecule has 2 amide bonds. The van der Waals surface area contributed by atoms with Crippen LogP contribution in [0.3, 0.4) is 0 Å². The molecule has 1 aliphatic rings. The van der Waals surface area contributed by atoms with E-state index in [0.29, 0.717) is 6.54 Å². The molecular weight excluding hydrogens is 196 g/mol. The second-order valence-corrected chi connectivity index (χ2v) is 3.82. The smallest absolute Gasteiger partial charge is 0.224 e. The Hall–Kier alpha value is -1.10. The molecule has 1 saturated heterocycles. The third kappa shape index (κ3) is 3.51. The molecular formula is C10H18N2O3. The van der Waals surface area contributed by atoms with Crippen LogP contribution >= 0.6 is 0 Å². The predicted molar refractivity (Wildman–Crippen MR) is 55.1 cm³/mol. The van der Waals surface area contributed by atoms with Crippen LogP contribution in [0.5, 0.6) is 0 Å². The van der Waals surface area contributed by atoms with Gasteiger partial charge in [-0.1, -0.05) is 0 Å². The van der Waals surface area contributed by atoms with Gasteiger partial charge in [-0.15, -0.1) is 0 Å². The fourth-order valence-electron chi connectivity index (χ4n) is 1.80. The van der Waals surface area contributed by atoms with Gasteiger partial charge in [0.1, 0.15) is 0 Å². The van der Waals surface area contributed by atoms with Gasteiger partial charge < -0.3 is 15.3 Å². The lowest BCUT2D eigenvalue weighted by atomic mass is 9.97. The minimum Gasteiger partial charge on any atom is -0.395 e. The molecule has 15 heavy (non-hydrogen) atoms. The summed E-state index contributed by atoms with van der Waals surface area (Å²) >= 11 is 0. The van der Waals surface area contributed by atoms with Crippen LogP contribution in [0.15, 0.2) is 0 Å². The van der Waals surface area contributed by atoms with Crippen LogP contribution in [0.25, 0.3) is 0 Å². The lowest BCUT2D eigenvalue weighted by Crippen LogP contribution is -2.45. The van der Waals surface area contributed by atoms with Crippen LogP contribution in [0.2, 0.25) is 0 Å². The summed E-state index contributed by atoms with van der Waals surface area (Å²) in [6, 6.07) is 0. The average Bonchev–Trinajstić information content (AvgIpc) is 2.26. The van der Waals surface area contributed by atoms with Gasteiger partial charge in [-0.2, -0.15) is 0 Å². The molecule has 1 heterocycles. The van der Waals surface area contributed by atoms with Crippen molar-refractivity contribution in [2.24, 2.45) is 5.92 Å². The quantitative estimate of drug-likeness (QED) is 0.656. The summed E-state index contributed by atoms with van der Waals surface area (Å²) in [6.07, 6.45) is 1.69. The van der Waals surface area contributed by atoms with Crippen molar-refractivity contribution < 1.29 is 14.7 Å². The van der Waals surface area contributed by atoms with Crippen LogP contribution in [0.4, 0.5) is 0 Å². The van der Waals surface area contributed by atoms with E-state index < -0.39 is 0 Å². The zero-order valence-corrected chi connectivity index (χ0v) is 9.03. The molecule has 0 saturated carbocycles. The summed E-state index contributed by atoms with van der Waals surface area (Å²) in [5.74, 6) is -0.154. The molecule has 0 aromatic heterocycles. The van der Waals surface area contributed by atoms with Crippen molar-refractivity contribution in [2.45, 2.75) is 19.8 Å².